The van der Waals surface area contributed by atoms with Crippen LogP contribution in [-0.4, -0.2) is 23.3 Å². The molecule has 0 amide bonds. The van der Waals surface area contributed by atoms with Crippen molar-refractivity contribution in [2.45, 2.75) is 19.8 Å². The van der Waals surface area contributed by atoms with Crippen LogP contribution in [0.1, 0.15) is 24.0 Å². The summed E-state index contributed by atoms with van der Waals surface area (Å²) in [4.78, 5) is 10.9. The van der Waals surface area contributed by atoms with Crippen molar-refractivity contribution in [1.82, 2.24) is 0 Å². The Balaban J connectivity index is 3.41. The summed E-state index contributed by atoms with van der Waals surface area (Å²) in [5.74, 6) is -1.37. The van der Waals surface area contributed by atoms with Gasteiger partial charge in [-0.05, 0) is 47.0 Å². The third-order valence-electron chi connectivity index (χ3n) is 2.47. The normalized spacial score (nSPS) is 12.2. The van der Waals surface area contributed by atoms with E-state index in [1.807, 2.05) is 0 Å². The first-order valence-corrected chi connectivity index (χ1v) is 5.48. The van der Waals surface area contributed by atoms with Crippen LogP contribution < -0.4 is 4.74 Å². The van der Waals surface area contributed by atoms with Crippen molar-refractivity contribution in [2.75, 3.05) is 7.11 Å². The Labute approximate surface area is 102 Å². The number of hydrogen-bond acceptors (Lipinski definition) is 3. The van der Waals surface area contributed by atoms with Gasteiger partial charge in [0.25, 0.3) is 0 Å². The molecular weight excluding hydrogens is 276 g/mol. The second kappa shape index (κ2) is 4.74. The van der Waals surface area contributed by atoms with Crippen LogP contribution in [-0.2, 0) is 4.79 Å². The SMILES string of the molecule is COc1cc(C)c(C(C)C(=O)O)c(Br)c1O. The van der Waals surface area contributed by atoms with Crippen molar-refractivity contribution in [3.63, 3.8) is 0 Å². The summed E-state index contributed by atoms with van der Waals surface area (Å²) in [6.45, 7) is 3.35. The van der Waals surface area contributed by atoms with Gasteiger partial charge in [0.05, 0.1) is 17.5 Å². The number of benzene rings is 1. The number of aryl methyl sites for hydroxylation is 1. The predicted molar refractivity (Wildman–Crippen MR) is 63.1 cm³/mol. The number of carbonyl (C=O) groups is 1. The fourth-order valence-electron chi connectivity index (χ4n) is 1.56. The molecule has 0 aliphatic carbocycles. The Kier molecular flexibility index (Phi) is 3.80. The summed E-state index contributed by atoms with van der Waals surface area (Å²) >= 11 is 3.20. The van der Waals surface area contributed by atoms with Crippen LogP contribution >= 0.6 is 15.9 Å². The van der Waals surface area contributed by atoms with Crippen LogP contribution in [0.5, 0.6) is 11.5 Å². The van der Waals surface area contributed by atoms with E-state index in [0.717, 1.165) is 5.56 Å². The zero-order chi connectivity index (χ0) is 12.5. The summed E-state index contributed by atoms with van der Waals surface area (Å²) in [5, 5.41) is 18.7. The number of halogens is 1. The molecule has 2 N–H and O–H groups in total. The van der Waals surface area contributed by atoms with Crippen LogP contribution in [0.3, 0.4) is 0 Å². The van der Waals surface area contributed by atoms with E-state index in [1.54, 1.807) is 19.9 Å². The molecule has 1 aromatic rings. The predicted octanol–water partition coefficient (Wildman–Crippen LogP) is 2.66. The molecular formula is C11H13BrO4. The summed E-state index contributed by atoms with van der Waals surface area (Å²) in [7, 11) is 1.45. The first kappa shape index (κ1) is 12.8. The lowest BCUT2D eigenvalue weighted by Crippen LogP contribution is -2.10. The third kappa shape index (κ3) is 2.14. The maximum atomic E-state index is 10.9. The molecule has 4 nitrogen and oxygen atoms in total. The number of phenols is 1. The number of carboxylic acids is 1. The molecule has 0 aliphatic heterocycles. The minimum absolute atomic E-state index is 0.0730. The van der Waals surface area contributed by atoms with Crippen LogP contribution in [0.2, 0.25) is 0 Å². The van der Waals surface area contributed by atoms with Crippen LogP contribution in [0, 0.1) is 6.92 Å². The molecule has 1 atom stereocenters. The van der Waals surface area contributed by atoms with E-state index in [1.165, 1.54) is 7.11 Å². The summed E-state index contributed by atoms with van der Waals surface area (Å²) in [5.41, 5.74) is 1.32. The minimum Gasteiger partial charge on any atom is -0.503 e. The van der Waals surface area contributed by atoms with Crippen molar-refractivity contribution in [2.24, 2.45) is 0 Å². The maximum absolute atomic E-state index is 10.9. The lowest BCUT2D eigenvalue weighted by molar-refractivity contribution is -0.138. The Morgan fingerprint density at radius 1 is 1.56 bits per heavy atom. The number of methoxy groups -OCH3 is 1. The first-order chi connectivity index (χ1) is 7.40. The lowest BCUT2D eigenvalue weighted by Gasteiger charge is -2.16. The van der Waals surface area contributed by atoms with Gasteiger partial charge in [-0.1, -0.05) is 0 Å². The Morgan fingerprint density at radius 3 is 2.56 bits per heavy atom. The molecule has 0 spiro atoms. The number of rotatable bonds is 3. The molecule has 0 aliphatic rings. The fourth-order valence-corrected chi connectivity index (χ4v) is 2.41. The minimum atomic E-state index is -0.937. The van der Waals surface area contributed by atoms with Gasteiger partial charge in [0.15, 0.2) is 11.5 Å². The van der Waals surface area contributed by atoms with E-state index in [0.29, 0.717) is 15.8 Å². The summed E-state index contributed by atoms with van der Waals surface area (Å²) in [6.07, 6.45) is 0. The summed E-state index contributed by atoms with van der Waals surface area (Å²) < 4.78 is 5.35. The van der Waals surface area contributed by atoms with Crippen molar-refractivity contribution < 1.29 is 19.7 Å². The van der Waals surface area contributed by atoms with Crippen LogP contribution in [0.15, 0.2) is 10.5 Å². The highest BCUT2D eigenvalue weighted by Gasteiger charge is 2.23. The zero-order valence-corrected chi connectivity index (χ0v) is 10.8. The van der Waals surface area contributed by atoms with E-state index in [9.17, 15) is 9.90 Å². The number of ether oxygens (including phenoxy) is 1. The Bertz CT molecular complexity index is 428. The van der Waals surface area contributed by atoms with Crippen molar-refractivity contribution in [3.8, 4) is 11.5 Å². The van der Waals surface area contributed by atoms with Gasteiger partial charge in [0, 0.05) is 0 Å². The second-order valence-electron chi connectivity index (χ2n) is 3.53. The van der Waals surface area contributed by atoms with Crippen LogP contribution in [0.4, 0.5) is 0 Å². The molecule has 0 heterocycles. The smallest absolute Gasteiger partial charge is 0.310 e. The number of aromatic hydroxyl groups is 1. The average Bonchev–Trinajstić information content (AvgIpc) is 2.23. The number of phenolic OH excluding ortho intramolecular Hbond substituents is 1. The van der Waals surface area contributed by atoms with E-state index < -0.39 is 11.9 Å². The number of carboxylic acid groups (broad SMARTS) is 1. The van der Waals surface area contributed by atoms with Gasteiger partial charge in [0.1, 0.15) is 0 Å². The van der Waals surface area contributed by atoms with Gasteiger partial charge in [-0.25, -0.2) is 0 Å². The van der Waals surface area contributed by atoms with Gasteiger partial charge in [-0.2, -0.15) is 0 Å². The quantitative estimate of drug-likeness (QED) is 0.897. The molecule has 5 heteroatoms. The molecule has 1 unspecified atom stereocenters. The average molecular weight is 289 g/mol. The zero-order valence-electron chi connectivity index (χ0n) is 9.24. The molecule has 0 saturated carbocycles. The number of hydrogen-bond donors (Lipinski definition) is 2. The monoisotopic (exact) mass is 288 g/mol. The standard InChI is InChI=1S/C11H13BrO4/c1-5-4-7(16-3)10(13)9(12)8(5)6(2)11(14)15/h4,6,13H,1-3H3,(H,14,15). The van der Waals surface area contributed by atoms with Gasteiger partial charge in [-0.3, -0.25) is 4.79 Å². The largest absolute Gasteiger partial charge is 0.503 e. The van der Waals surface area contributed by atoms with Crippen molar-refractivity contribution in [1.29, 1.82) is 0 Å². The summed E-state index contributed by atoms with van der Waals surface area (Å²) in [6, 6.07) is 1.62. The molecule has 0 bridgehead atoms. The van der Waals surface area contributed by atoms with Gasteiger partial charge >= 0.3 is 5.97 Å². The Hall–Kier alpha value is -1.23. The lowest BCUT2D eigenvalue weighted by atomic mass is 9.96. The van der Waals surface area contributed by atoms with Gasteiger partial charge in [-0.15, -0.1) is 0 Å². The van der Waals surface area contributed by atoms with E-state index in [2.05, 4.69) is 15.9 Å². The Morgan fingerprint density at radius 2 is 2.12 bits per heavy atom. The molecule has 0 saturated heterocycles. The first-order valence-electron chi connectivity index (χ1n) is 4.68. The maximum Gasteiger partial charge on any atom is 0.310 e. The van der Waals surface area contributed by atoms with E-state index >= 15 is 0 Å². The third-order valence-corrected chi connectivity index (χ3v) is 3.28. The van der Waals surface area contributed by atoms with Crippen molar-refractivity contribution >= 4 is 21.9 Å². The molecule has 1 aromatic carbocycles. The van der Waals surface area contributed by atoms with Crippen molar-refractivity contribution in [3.05, 3.63) is 21.7 Å². The molecule has 0 fully saturated rings. The fraction of sp³-hybridized carbons (Fsp3) is 0.364. The molecule has 0 aromatic heterocycles. The molecule has 16 heavy (non-hydrogen) atoms. The highest BCUT2D eigenvalue weighted by atomic mass is 79.9. The topological polar surface area (TPSA) is 66.8 Å². The van der Waals surface area contributed by atoms with Gasteiger partial charge < -0.3 is 14.9 Å². The molecule has 88 valence electrons. The second-order valence-corrected chi connectivity index (χ2v) is 4.32. The van der Waals surface area contributed by atoms with E-state index in [-0.39, 0.29) is 5.75 Å². The molecule has 0 radical (unpaired) electrons. The van der Waals surface area contributed by atoms with Crippen LogP contribution in [0.25, 0.3) is 0 Å². The van der Waals surface area contributed by atoms with Gasteiger partial charge in [0.2, 0.25) is 0 Å². The highest BCUT2D eigenvalue weighted by Crippen LogP contribution is 2.41. The van der Waals surface area contributed by atoms with E-state index in [4.69, 9.17) is 9.84 Å². The number of aliphatic carboxylic acids is 1. The molecule has 1 rings (SSSR count). The highest BCUT2D eigenvalue weighted by molar-refractivity contribution is 9.10.